The van der Waals surface area contributed by atoms with Crippen LogP contribution in [0.25, 0.3) is 0 Å². The number of rotatable bonds is 3. The Morgan fingerprint density at radius 1 is 1.21 bits per heavy atom. The van der Waals surface area contributed by atoms with Gasteiger partial charge in [-0.2, -0.15) is 0 Å². The van der Waals surface area contributed by atoms with Gasteiger partial charge in [0, 0.05) is 6.54 Å². The van der Waals surface area contributed by atoms with Crippen molar-refractivity contribution in [3.63, 3.8) is 0 Å². The van der Waals surface area contributed by atoms with Crippen LogP contribution in [0.4, 0.5) is 4.79 Å². The average Bonchev–Trinajstić information content (AvgIpc) is 2.95. The first-order valence-corrected chi connectivity index (χ1v) is 6.55. The molecule has 2 atom stereocenters. The second kappa shape index (κ2) is 4.57. The summed E-state index contributed by atoms with van der Waals surface area (Å²) in [5, 5.41) is 11.3. The third-order valence-corrected chi connectivity index (χ3v) is 3.95. The summed E-state index contributed by atoms with van der Waals surface area (Å²) in [6, 6.07) is 8.33. The predicted molar refractivity (Wildman–Crippen MR) is 68.6 cm³/mol. The van der Waals surface area contributed by atoms with E-state index in [0.717, 1.165) is 12.8 Å². The molecule has 1 saturated heterocycles. The lowest BCUT2D eigenvalue weighted by atomic mass is 9.92. The van der Waals surface area contributed by atoms with Gasteiger partial charge in [0.05, 0.1) is 18.5 Å². The van der Waals surface area contributed by atoms with Crippen LogP contribution in [0.15, 0.2) is 24.3 Å². The van der Waals surface area contributed by atoms with E-state index in [0.29, 0.717) is 0 Å². The van der Waals surface area contributed by atoms with Gasteiger partial charge in [-0.15, -0.1) is 0 Å². The normalized spacial score (nSPS) is 23.3. The van der Waals surface area contributed by atoms with E-state index < -0.39 is 5.97 Å². The lowest BCUT2D eigenvalue weighted by Gasteiger charge is -2.22. The van der Waals surface area contributed by atoms with Crippen LogP contribution < -0.4 is 5.32 Å². The summed E-state index contributed by atoms with van der Waals surface area (Å²) in [7, 11) is 0. The van der Waals surface area contributed by atoms with Crippen LogP contribution in [0, 0.1) is 0 Å². The van der Waals surface area contributed by atoms with E-state index in [1.165, 1.54) is 11.1 Å². The number of carbonyl (C=O) groups excluding carboxylic acids is 1. The molecule has 100 valence electrons. The van der Waals surface area contributed by atoms with Gasteiger partial charge in [0.2, 0.25) is 0 Å². The molecule has 1 fully saturated rings. The number of nitrogens with one attached hydrogen (secondary N) is 1. The van der Waals surface area contributed by atoms with E-state index in [9.17, 15) is 9.59 Å². The number of aliphatic carboxylic acids is 1. The molecule has 0 aromatic heterocycles. The van der Waals surface area contributed by atoms with Gasteiger partial charge in [-0.1, -0.05) is 24.3 Å². The summed E-state index contributed by atoms with van der Waals surface area (Å²) < 4.78 is 0. The molecule has 1 aromatic rings. The van der Waals surface area contributed by atoms with Crippen molar-refractivity contribution in [2.45, 2.75) is 31.3 Å². The molecule has 5 heteroatoms. The smallest absolute Gasteiger partial charge is 0.318 e. The molecule has 2 aliphatic rings. The van der Waals surface area contributed by atoms with Gasteiger partial charge in [0.25, 0.3) is 0 Å². The van der Waals surface area contributed by atoms with Crippen molar-refractivity contribution in [1.29, 1.82) is 0 Å². The number of hydrogen-bond acceptors (Lipinski definition) is 2. The molecule has 19 heavy (non-hydrogen) atoms. The van der Waals surface area contributed by atoms with E-state index in [-0.39, 0.29) is 31.1 Å². The van der Waals surface area contributed by atoms with Crippen LogP contribution in [0.5, 0.6) is 0 Å². The van der Waals surface area contributed by atoms with E-state index in [2.05, 4.69) is 17.4 Å². The standard InChI is InChI=1S/C14H16N2O3/c17-13(18)7-8-15-14(19)16-11-5-6-12(16)10-4-2-1-3-9(10)11/h1-4,11-12H,5-8H2,(H,15,19)(H,17,18). The minimum absolute atomic E-state index is 0.0398. The summed E-state index contributed by atoms with van der Waals surface area (Å²) >= 11 is 0. The zero-order valence-electron chi connectivity index (χ0n) is 10.5. The maximum absolute atomic E-state index is 12.2. The summed E-state index contributed by atoms with van der Waals surface area (Å²) in [6.07, 6.45) is 1.95. The fourth-order valence-corrected chi connectivity index (χ4v) is 3.19. The Kier molecular flexibility index (Phi) is 2.89. The SMILES string of the molecule is O=C(O)CCNC(=O)N1C2CCC1c1ccccc12. The van der Waals surface area contributed by atoms with Crippen LogP contribution in [-0.2, 0) is 4.79 Å². The van der Waals surface area contributed by atoms with Gasteiger partial charge in [0.1, 0.15) is 0 Å². The van der Waals surface area contributed by atoms with Crippen molar-refractivity contribution < 1.29 is 14.7 Å². The number of carbonyl (C=O) groups is 2. The lowest BCUT2D eigenvalue weighted by molar-refractivity contribution is -0.136. The van der Waals surface area contributed by atoms with Crippen LogP contribution in [0.3, 0.4) is 0 Å². The Morgan fingerprint density at radius 2 is 1.79 bits per heavy atom. The van der Waals surface area contributed by atoms with E-state index in [4.69, 9.17) is 5.11 Å². The third kappa shape index (κ3) is 1.95. The molecule has 0 aliphatic carbocycles. The third-order valence-electron chi connectivity index (χ3n) is 3.95. The van der Waals surface area contributed by atoms with Crippen LogP contribution in [0.1, 0.15) is 42.5 Å². The summed E-state index contributed by atoms with van der Waals surface area (Å²) in [5.74, 6) is -0.895. The summed E-state index contributed by atoms with van der Waals surface area (Å²) in [5.41, 5.74) is 2.49. The van der Waals surface area contributed by atoms with Crippen molar-refractivity contribution in [1.82, 2.24) is 10.2 Å². The van der Waals surface area contributed by atoms with Crippen molar-refractivity contribution in [3.8, 4) is 0 Å². The molecule has 5 nitrogen and oxygen atoms in total. The number of nitrogens with zero attached hydrogens (tertiary/aromatic N) is 1. The van der Waals surface area contributed by atoms with E-state index >= 15 is 0 Å². The number of carboxylic acid groups (broad SMARTS) is 1. The highest BCUT2D eigenvalue weighted by molar-refractivity contribution is 5.78. The van der Waals surface area contributed by atoms with Gasteiger partial charge in [0.15, 0.2) is 0 Å². The van der Waals surface area contributed by atoms with Crippen LogP contribution in [0.2, 0.25) is 0 Å². The zero-order chi connectivity index (χ0) is 13.4. The molecule has 2 N–H and O–H groups in total. The Labute approximate surface area is 111 Å². The fourth-order valence-electron chi connectivity index (χ4n) is 3.19. The molecule has 2 aliphatic heterocycles. The van der Waals surface area contributed by atoms with Crippen molar-refractivity contribution >= 4 is 12.0 Å². The van der Waals surface area contributed by atoms with Gasteiger partial charge in [-0.3, -0.25) is 4.79 Å². The molecular weight excluding hydrogens is 244 g/mol. The molecule has 0 spiro atoms. The largest absolute Gasteiger partial charge is 0.481 e. The second-order valence-corrected chi connectivity index (χ2v) is 5.02. The zero-order valence-corrected chi connectivity index (χ0v) is 10.5. The highest BCUT2D eigenvalue weighted by Crippen LogP contribution is 2.52. The molecule has 2 bridgehead atoms. The van der Waals surface area contributed by atoms with Gasteiger partial charge < -0.3 is 15.3 Å². The van der Waals surface area contributed by atoms with E-state index in [1.54, 1.807) is 0 Å². The lowest BCUT2D eigenvalue weighted by Crippen LogP contribution is -2.38. The average molecular weight is 260 g/mol. The van der Waals surface area contributed by atoms with Crippen molar-refractivity contribution in [2.75, 3.05) is 6.54 Å². The first kappa shape index (κ1) is 12.0. The Bertz CT molecular complexity index is 498. The Balaban J connectivity index is 1.71. The number of carboxylic acids is 1. The molecule has 1 aromatic carbocycles. The maximum atomic E-state index is 12.2. The van der Waals surface area contributed by atoms with Gasteiger partial charge in [-0.05, 0) is 24.0 Å². The molecule has 2 unspecified atom stereocenters. The monoisotopic (exact) mass is 260 g/mol. The number of benzene rings is 1. The van der Waals surface area contributed by atoms with E-state index in [1.807, 2.05) is 17.0 Å². The van der Waals surface area contributed by atoms with Crippen LogP contribution >= 0.6 is 0 Å². The van der Waals surface area contributed by atoms with Gasteiger partial charge >= 0.3 is 12.0 Å². The first-order chi connectivity index (χ1) is 9.18. The van der Waals surface area contributed by atoms with Gasteiger partial charge in [-0.25, -0.2) is 4.79 Å². The minimum Gasteiger partial charge on any atom is -0.481 e. The number of urea groups is 1. The topological polar surface area (TPSA) is 69.6 Å². The minimum atomic E-state index is -0.895. The maximum Gasteiger partial charge on any atom is 0.318 e. The van der Waals surface area contributed by atoms with Crippen molar-refractivity contribution in [3.05, 3.63) is 35.4 Å². The second-order valence-electron chi connectivity index (χ2n) is 5.02. The molecule has 2 heterocycles. The Hall–Kier alpha value is -2.04. The number of hydrogen-bond donors (Lipinski definition) is 2. The highest BCUT2D eigenvalue weighted by Gasteiger charge is 2.45. The summed E-state index contributed by atoms with van der Waals surface area (Å²) in [6.45, 7) is 0.181. The quantitative estimate of drug-likeness (QED) is 0.874. The molecule has 3 rings (SSSR count). The molecule has 0 radical (unpaired) electrons. The van der Waals surface area contributed by atoms with Crippen LogP contribution in [-0.4, -0.2) is 28.6 Å². The Morgan fingerprint density at radius 3 is 2.32 bits per heavy atom. The molecular formula is C14H16N2O3. The van der Waals surface area contributed by atoms with Crippen molar-refractivity contribution in [2.24, 2.45) is 0 Å². The first-order valence-electron chi connectivity index (χ1n) is 6.55. The molecule has 0 saturated carbocycles. The number of amides is 2. The predicted octanol–water partition coefficient (Wildman–Crippen LogP) is 2.06. The fraction of sp³-hybridized carbons (Fsp3) is 0.429. The molecule has 2 amide bonds. The summed E-state index contributed by atoms with van der Waals surface area (Å²) in [4.78, 5) is 24.5. The number of fused-ring (bicyclic) bond motifs is 5. The highest BCUT2D eigenvalue weighted by atomic mass is 16.4.